The van der Waals surface area contributed by atoms with Gasteiger partial charge in [-0.2, -0.15) is 0 Å². The third kappa shape index (κ3) is 7.75. The Labute approximate surface area is 274 Å². The van der Waals surface area contributed by atoms with Crippen LogP contribution in [0.1, 0.15) is 50.3 Å². The van der Waals surface area contributed by atoms with E-state index in [0.29, 0.717) is 38.0 Å². The van der Waals surface area contributed by atoms with Gasteiger partial charge in [0.2, 0.25) is 5.91 Å². The molecule has 12 heteroatoms. The zero-order valence-corrected chi connectivity index (χ0v) is 27.8. The fraction of sp³-hybridized carbons (Fsp3) is 0.457. The van der Waals surface area contributed by atoms with Gasteiger partial charge in [-0.15, -0.1) is 0 Å². The predicted octanol–water partition coefficient (Wildman–Crippen LogP) is 3.90. The quantitative estimate of drug-likeness (QED) is 0.401. The van der Waals surface area contributed by atoms with Crippen molar-refractivity contribution in [2.75, 3.05) is 31.6 Å². The van der Waals surface area contributed by atoms with Crippen molar-refractivity contribution in [1.29, 1.82) is 0 Å². The van der Waals surface area contributed by atoms with Crippen LogP contribution in [0.25, 0.3) is 11.1 Å². The molecule has 3 heterocycles. The van der Waals surface area contributed by atoms with E-state index in [1.165, 1.54) is 10.8 Å². The van der Waals surface area contributed by atoms with Crippen LogP contribution in [-0.4, -0.2) is 74.8 Å². The fourth-order valence-corrected chi connectivity index (χ4v) is 6.17. The van der Waals surface area contributed by atoms with Gasteiger partial charge in [0.1, 0.15) is 13.2 Å². The molecule has 1 fully saturated rings. The number of likely N-dealkylation sites (tertiary alicyclic amines) is 1. The number of urea groups is 1. The lowest BCUT2D eigenvalue weighted by Gasteiger charge is -2.38. The molecule has 4 amide bonds. The number of nitrogens with zero attached hydrogens (tertiary/aromatic N) is 4. The van der Waals surface area contributed by atoms with Crippen molar-refractivity contribution in [2.45, 2.75) is 78.6 Å². The summed E-state index contributed by atoms with van der Waals surface area (Å²) in [4.78, 5) is 69.7. The van der Waals surface area contributed by atoms with E-state index in [0.717, 1.165) is 33.4 Å². The molecular weight excluding hydrogens is 600 g/mol. The summed E-state index contributed by atoms with van der Waals surface area (Å²) in [6.07, 6.45) is 2.79. The first-order chi connectivity index (χ1) is 22.3. The Morgan fingerprint density at radius 3 is 2.40 bits per heavy atom. The van der Waals surface area contributed by atoms with E-state index < -0.39 is 22.9 Å². The number of piperidine rings is 1. The van der Waals surface area contributed by atoms with Crippen LogP contribution >= 0.6 is 0 Å². The van der Waals surface area contributed by atoms with E-state index in [9.17, 15) is 24.0 Å². The molecule has 2 aliphatic rings. The highest BCUT2D eigenvalue weighted by Gasteiger charge is 2.31. The van der Waals surface area contributed by atoms with Gasteiger partial charge in [0.25, 0.3) is 5.56 Å². The summed E-state index contributed by atoms with van der Waals surface area (Å²) in [5.41, 5.74) is 3.05. The normalized spacial score (nSPS) is 15.5. The van der Waals surface area contributed by atoms with E-state index in [2.05, 4.69) is 10.6 Å². The molecule has 2 aliphatic heterocycles. The van der Waals surface area contributed by atoms with Crippen molar-refractivity contribution in [3.8, 4) is 11.1 Å². The largest absolute Gasteiger partial charge is 0.448 e. The first-order valence-corrected chi connectivity index (χ1v) is 16.1. The maximum absolute atomic E-state index is 13.7. The van der Waals surface area contributed by atoms with Crippen molar-refractivity contribution in [1.82, 2.24) is 24.3 Å². The maximum atomic E-state index is 13.7. The van der Waals surface area contributed by atoms with E-state index in [1.54, 1.807) is 4.90 Å². The van der Waals surface area contributed by atoms with Gasteiger partial charge in [-0.1, -0.05) is 36.4 Å². The lowest BCUT2D eigenvalue weighted by atomic mass is 9.99. The molecular formula is C35H44N6O6. The molecule has 12 nitrogen and oxygen atoms in total. The third-order valence-corrected chi connectivity index (χ3v) is 8.86. The number of aryl methyl sites for hydroxylation is 1. The van der Waals surface area contributed by atoms with Crippen molar-refractivity contribution < 1.29 is 19.1 Å². The predicted molar refractivity (Wildman–Crippen MR) is 180 cm³/mol. The van der Waals surface area contributed by atoms with Crippen molar-refractivity contribution in [3.05, 3.63) is 86.2 Å². The third-order valence-electron chi connectivity index (χ3n) is 8.86. The van der Waals surface area contributed by atoms with Crippen LogP contribution in [0.2, 0.25) is 0 Å². The second kappa shape index (κ2) is 13.9. The molecule has 250 valence electrons. The number of carbonyl (C=O) groups excluding carboxylic acids is 3. The zero-order valence-electron chi connectivity index (χ0n) is 27.8. The summed E-state index contributed by atoms with van der Waals surface area (Å²) in [5.74, 6) is -0.254. The Kier molecular flexibility index (Phi) is 9.88. The average molecular weight is 645 g/mol. The minimum absolute atomic E-state index is 0.00984. The summed E-state index contributed by atoms with van der Waals surface area (Å²) in [6.45, 7) is 10.1. The summed E-state index contributed by atoms with van der Waals surface area (Å²) < 4.78 is 7.56. The van der Waals surface area contributed by atoms with Crippen LogP contribution in [0.3, 0.4) is 0 Å². The molecule has 0 atom stereocenters. The highest BCUT2D eigenvalue weighted by Crippen LogP contribution is 2.25. The SMILES string of the molecule is Cc1cccc(-c2cn(CC(=O)N3CCC(N4CCc5ccccc5NC4=O)CC3)c(=O)n(CCOC(=O)NC(C)(C)C)c2=O)c1C. The number of ether oxygens (including phenoxy) is 1. The number of anilines is 1. The van der Waals surface area contributed by atoms with Crippen LogP contribution in [0, 0.1) is 13.8 Å². The smallest absolute Gasteiger partial charge is 0.407 e. The topological polar surface area (TPSA) is 135 Å². The van der Waals surface area contributed by atoms with Gasteiger partial charge in [-0.3, -0.25) is 18.7 Å². The summed E-state index contributed by atoms with van der Waals surface area (Å²) in [7, 11) is 0. The highest BCUT2D eigenvalue weighted by atomic mass is 16.5. The molecule has 1 aromatic heterocycles. The number of amides is 4. The standard InChI is InChI=1S/C35H44N6O6/c1-23-9-8-11-27(24(23)2)28-21-39(34(46)41(31(28)43)19-20-47-33(45)37-35(3,4)5)22-30(42)38-16-14-26(15-17-38)40-18-13-25-10-6-7-12-29(25)36-32(40)44/h6-12,21,26H,13-20,22H2,1-5H3,(H,36,44)(H,37,45). The van der Waals surface area contributed by atoms with Gasteiger partial charge in [0.05, 0.1) is 12.1 Å². The summed E-state index contributed by atoms with van der Waals surface area (Å²) in [5, 5.41) is 5.70. The minimum atomic E-state index is -0.659. The lowest BCUT2D eigenvalue weighted by molar-refractivity contribution is -0.133. The Morgan fingerprint density at radius 1 is 0.957 bits per heavy atom. The molecule has 0 spiro atoms. The molecule has 5 rings (SSSR count). The van der Waals surface area contributed by atoms with Gasteiger partial charge in [0, 0.05) is 43.1 Å². The number of nitrogens with one attached hydrogen (secondary N) is 2. The average Bonchev–Trinajstić information content (AvgIpc) is 3.19. The number of hydrogen-bond acceptors (Lipinski definition) is 6. The van der Waals surface area contributed by atoms with Crippen LogP contribution in [-0.2, 0) is 29.0 Å². The molecule has 0 saturated carbocycles. The first-order valence-electron chi connectivity index (χ1n) is 16.1. The Morgan fingerprint density at radius 2 is 1.68 bits per heavy atom. The van der Waals surface area contributed by atoms with Crippen molar-refractivity contribution >= 4 is 23.7 Å². The molecule has 0 bridgehead atoms. The van der Waals surface area contributed by atoms with Gasteiger partial charge in [0.15, 0.2) is 0 Å². The number of hydrogen-bond donors (Lipinski definition) is 2. The van der Waals surface area contributed by atoms with E-state index in [-0.39, 0.29) is 43.2 Å². The fourth-order valence-electron chi connectivity index (χ4n) is 6.17. The van der Waals surface area contributed by atoms with E-state index in [4.69, 9.17) is 4.74 Å². The number of alkyl carbamates (subject to hydrolysis) is 1. The van der Waals surface area contributed by atoms with E-state index >= 15 is 0 Å². The van der Waals surface area contributed by atoms with Crippen LogP contribution in [0.4, 0.5) is 15.3 Å². The van der Waals surface area contributed by atoms with Gasteiger partial charge in [-0.05, 0) is 82.2 Å². The van der Waals surface area contributed by atoms with Gasteiger partial charge < -0.3 is 25.2 Å². The number of fused-ring (bicyclic) bond motifs is 1. The monoisotopic (exact) mass is 644 g/mol. The Balaban J connectivity index is 1.32. The second-order valence-corrected chi connectivity index (χ2v) is 13.3. The molecule has 1 saturated heterocycles. The molecule has 47 heavy (non-hydrogen) atoms. The molecule has 0 aliphatic carbocycles. The minimum Gasteiger partial charge on any atom is -0.448 e. The summed E-state index contributed by atoms with van der Waals surface area (Å²) >= 11 is 0. The number of para-hydroxylation sites is 1. The van der Waals surface area contributed by atoms with Crippen molar-refractivity contribution in [3.63, 3.8) is 0 Å². The number of carbonyl (C=O) groups is 3. The lowest BCUT2D eigenvalue weighted by Crippen LogP contribution is -2.51. The van der Waals surface area contributed by atoms with E-state index in [1.807, 2.05) is 82.0 Å². The number of rotatable bonds is 7. The maximum Gasteiger partial charge on any atom is 0.407 e. The van der Waals surface area contributed by atoms with Gasteiger partial charge in [-0.25, -0.2) is 14.4 Å². The second-order valence-electron chi connectivity index (χ2n) is 13.3. The molecule has 0 unspecified atom stereocenters. The Hall–Kier alpha value is -4.87. The van der Waals surface area contributed by atoms with Crippen LogP contribution < -0.4 is 21.9 Å². The number of benzene rings is 2. The van der Waals surface area contributed by atoms with Crippen LogP contribution in [0.5, 0.6) is 0 Å². The molecule has 3 aromatic rings. The molecule has 2 aromatic carbocycles. The number of aromatic nitrogens is 2. The Bertz CT molecular complexity index is 1780. The molecule has 0 radical (unpaired) electrons. The van der Waals surface area contributed by atoms with Crippen molar-refractivity contribution in [2.24, 2.45) is 0 Å². The highest BCUT2D eigenvalue weighted by molar-refractivity contribution is 5.91. The van der Waals surface area contributed by atoms with Gasteiger partial charge >= 0.3 is 17.8 Å². The zero-order chi connectivity index (χ0) is 33.9. The molecule has 2 N–H and O–H groups in total. The summed E-state index contributed by atoms with van der Waals surface area (Å²) in [6, 6.07) is 13.3. The van der Waals surface area contributed by atoms with Crippen LogP contribution in [0.15, 0.2) is 58.3 Å². The first kappa shape index (κ1) is 33.5.